The van der Waals surface area contributed by atoms with Gasteiger partial charge in [0.2, 0.25) is 0 Å². The first kappa shape index (κ1) is 18.3. The van der Waals surface area contributed by atoms with Crippen molar-refractivity contribution < 1.29 is 14.7 Å². The van der Waals surface area contributed by atoms with Crippen LogP contribution in [0.1, 0.15) is 27.2 Å². The number of carbonyl (C=O) groups is 2. The highest BCUT2D eigenvalue weighted by Crippen LogP contribution is 2.04. The van der Waals surface area contributed by atoms with Gasteiger partial charge in [-0.3, -0.25) is 4.79 Å². The van der Waals surface area contributed by atoms with Gasteiger partial charge in [-0.15, -0.1) is 0 Å². The summed E-state index contributed by atoms with van der Waals surface area (Å²) in [5.74, 6) is -1.17. The smallest absolute Gasteiger partial charge is 0.326 e. The second-order valence-electron chi connectivity index (χ2n) is 5.21. The van der Waals surface area contributed by atoms with E-state index in [4.69, 9.17) is 10.4 Å². The molecule has 0 aliphatic heterocycles. The number of carboxylic acids is 1. The third kappa shape index (κ3) is 7.69. The zero-order valence-corrected chi connectivity index (χ0v) is 13.0. The summed E-state index contributed by atoms with van der Waals surface area (Å²) in [5.41, 5.74) is -0.428. The fraction of sp³-hybridized carbons (Fsp3) is 0.615. The molecule has 0 aliphatic rings. The summed E-state index contributed by atoms with van der Waals surface area (Å²) in [5, 5.41) is 23.2. The summed E-state index contributed by atoms with van der Waals surface area (Å²) in [7, 11) is 0. The molecule has 3 N–H and O–H groups in total. The molecule has 0 fully saturated rings. The molecule has 1 amide bonds. The predicted molar refractivity (Wildman–Crippen MR) is 79.2 cm³/mol. The molecule has 0 saturated carbocycles. The maximum absolute atomic E-state index is 11.9. The zero-order chi connectivity index (χ0) is 15.8. The molecule has 0 aromatic heterocycles. The van der Waals surface area contributed by atoms with Crippen LogP contribution in [-0.2, 0) is 9.59 Å². The number of nitrogens with one attached hydrogen (secondary N) is 2. The fourth-order valence-electron chi connectivity index (χ4n) is 1.17. The van der Waals surface area contributed by atoms with E-state index in [0.29, 0.717) is 12.2 Å². The summed E-state index contributed by atoms with van der Waals surface area (Å²) in [6, 6.07) is 0.778. The number of carboxylic acid groups (broad SMARTS) is 1. The molecule has 0 aromatic rings. The minimum atomic E-state index is -1.10. The van der Waals surface area contributed by atoms with E-state index in [1.54, 1.807) is 6.07 Å². The van der Waals surface area contributed by atoms with Crippen molar-refractivity contribution in [2.24, 2.45) is 0 Å². The van der Waals surface area contributed by atoms with Crippen molar-refractivity contribution in [1.82, 2.24) is 10.6 Å². The molecule has 0 radical (unpaired) electrons. The van der Waals surface area contributed by atoms with Crippen LogP contribution in [-0.4, -0.2) is 40.6 Å². The van der Waals surface area contributed by atoms with Crippen LogP contribution in [0.5, 0.6) is 0 Å². The number of aliphatic carboxylic acids is 1. The molecule has 0 aromatic carbocycles. The largest absolute Gasteiger partial charge is 0.480 e. The highest BCUT2D eigenvalue weighted by Gasteiger charge is 2.21. The van der Waals surface area contributed by atoms with E-state index in [-0.39, 0.29) is 11.1 Å². The number of amides is 1. The van der Waals surface area contributed by atoms with E-state index < -0.39 is 17.9 Å². The lowest BCUT2D eigenvalue weighted by atomic mass is 10.1. The van der Waals surface area contributed by atoms with Crippen molar-refractivity contribution in [2.45, 2.75) is 38.8 Å². The monoisotopic (exact) mass is 299 g/mol. The van der Waals surface area contributed by atoms with Crippen LogP contribution < -0.4 is 10.6 Å². The molecule has 0 spiro atoms. The highest BCUT2D eigenvalue weighted by atomic mass is 32.2. The molecule has 0 aliphatic carbocycles. The van der Waals surface area contributed by atoms with E-state index in [9.17, 15) is 9.59 Å². The number of hydrogen-bond donors (Lipinski definition) is 3. The number of rotatable bonds is 7. The Balaban J connectivity index is 4.76. The Morgan fingerprint density at radius 2 is 2.05 bits per heavy atom. The maximum Gasteiger partial charge on any atom is 0.326 e. The van der Waals surface area contributed by atoms with Gasteiger partial charge in [0.15, 0.2) is 0 Å². The maximum atomic E-state index is 11.9. The van der Waals surface area contributed by atoms with Crippen molar-refractivity contribution in [2.75, 3.05) is 12.0 Å². The standard InChI is InChI=1S/C13H21N3O3S/c1-13(2,3)15-8-9(7-14)11(17)16-10(12(18)19)5-6-20-4/h8,10,15H,5-6H2,1-4H3,(H,16,17)(H,18,19)/b9-8-. The topological polar surface area (TPSA) is 102 Å². The number of carbonyl (C=O) groups excluding carboxylic acids is 1. The first-order valence-corrected chi connectivity index (χ1v) is 7.51. The number of hydrogen-bond acceptors (Lipinski definition) is 5. The Kier molecular flexibility index (Phi) is 7.77. The molecule has 6 nitrogen and oxygen atoms in total. The lowest BCUT2D eigenvalue weighted by molar-refractivity contribution is -0.141. The fourth-order valence-corrected chi connectivity index (χ4v) is 1.64. The number of nitrogens with zero attached hydrogens (tertiary/aromatic N) is 1. The minimum absolute atomic E-state index is 0.143. The van der Waals surface area contributed by atoms with E-state index in [1.165, 1.54) is 18.0 Å². The molecule has 0 heterocycles. The highest BCUT2D eigenvalue weighted by molar-refractivity contribution is 7.98. The van der Waals surface area contributed by atoms with Gasteiger partial charge < -0.3 is 15.7 Å². The Labute approximate surface area is 123 Å². The quantitative estimate of drug-likeness (QED) is 0.480. The molecule has 0 bridgehead atoms. The molecular formula is C13H21N3O3S. The first-order valence-electron chi connectivity index (χ1n) is 6.12. The van der Waals surface area contributed by atoms with Crippen LogP contribution in [0.2, 0.25) is 0 Å². The molecule has 1 unspecified atom stereocenters. The summed E-state index contributed by atoms with van der Waals surface area (Å²) in [4.78, 5) is 22.9. The zero-order valence-electron chi connectivity index (χ0n) is 12.2. The van der Waals surface area contributed by atoms with E-state index >= 15 is 0 Å². The van der Waals surface area contributed by atoms with Gasteiger partial charge in [0, 0.05) is 11.7 Å². The van der Waals surface area contributed by atoms with Crippen LogP contribution in [0.25, 0.3) is 0 Å². The molecule has 112 valence electrons. The van der Waals surface area contributed by atoms with Gasteiger partial charge >= 0.3 is 5.97 Å². The summed E-state index contributed by atoms with van der Waals surface area (Å²) >= 11 is 1.50. The summed E-state index contributed by atoms with van der Waals surface area (Å²) < 4.78 is 0. The van der Waals surface area contributed by atoms with Crippen LogP contribution in [0.15, 0.2) is 11.8 Å². The lowest BCUT2D eigenvalue weighted by Crippen LogP contribution is -2.42. The van der Waals surface area contributed by atoms with Crippen LogP contribution in [0.4, 0.5) is 0 Å². The molecule has 1 atom stereocenters. The van der Waals surface area contributed by atoms with Crippen LogP contribution in [0.3, 0.4) is 0 Å². The van der Waals surface area contributed by atoms with Crippen molar-refractivity contribution >= 4 is 23.6 Å². The van der Waals surface area contributed by atoms with Crippen molar-refractivity contribution in [3.63, 3.8) is 0 Å². The van der Waals surface area contributed by atoms with E-state index in [2.05, 4.69) is 10.6 Å². The van der Waals surface area contributed by atoms with Crippen molar-refractivity contribution in [1.29, 1.82) is 5.26 Å². The van der Waals surface area contributed by atoms with E-state index in [1.807, 2.05) is 27.0 Å². The minimum Gasteiger partial charge on any atom is -0.480 e. The number of thioether (sulfide) groups is 1. The SMILES string of the molecule is CSCCC(NC(=O)/C(C#N)=C\NC(C)(C)C)C(=O)O. The summed E-state index contributed by atoms with van der Waals surface area (Å²) in [6.45, 7) is 5.65. The second kappa shape index (κ2) is 8.48. The molecular weight excluding hydrogens is 278 g/mol. The molecule has 7 heteroatoms. The molecule has 0 saturated heterocycles. The van der Waals surface area contributed by atoms with Crippen LogP contribution in [0, 0.1) is 11.3 Å². The predicted octanol–water partition coefficient (Wildman–Crippen LogP) is 1.10. The van der Waals surface area contributed by atoms with Crippen LogP contribution >= 0.6 is 11.8 Å². The van der Waals surface area contributed by atoms with Gasteiger partial charge in [-0.05, 0) is 39.2 Å². The Bertz CT molecular complexity index is 422. The lowest BCUT2D eigenvalue weighted by Gasteiger charge is -2.19. The average Bonchev–Trinajstić information content (AvgIpc) is 2.33. The van der Waals surface area contributed by atoms with Gasteiger partial charge in [0.1, 0.15) is 17.7 Å². The Morgan fingerprint density at radius 3 is 2.45 bits per heavy atom. The molecule has 0 rings (SSSR count). The average molecular weight is 299 g/mol. The molecule has 20 heavy (non-hydrogen) atoms. The number of nitriles is 1. The first-order chi connectivity index (χ1) is 9.21. The van der Waals surface area contributed by atoms with E-state index in [0.717, 1.165) is 0 Å². The second-order valence-corrected chi connectivity index (χ2v) is 6.20. The third-order valence-electron chi connectivity index (χ3n) is 2.23. The summed E-state index contributed by atoms with van der Waals surface area (Å²) in [6.07, 6.45) is 3.48. The van der Waals surface area contributed by atoms with Crippen molar-refractivity contribution in [3.8, 4) is 6.07 Å². The van der Waals surface area contributed by atoms with Gasteiger partial charge in [0.05, 0.1) is 0 Å². The van der Waals surface area contributed by atoms with Gasteiger partial charge in [-0.1, -0.05) is 0 Å². The normalized spacial score (nSPS) is 13.2. The third-order valence-corrected chi connectivity index (χ3v) is 2.87. The Hall–Kier alpha value is -1.68. The van der Waals surface area contributed by atoms with Crippen molar-refractivity contribution in [3.05, 3.63) is 11.8 Å². The van der Waals surface area contributed by atoms with Gasteiger partial charge in [-0.25, -0.2) is 4.79 Å². The Morgan fingerprint density at radius 1 is 1.45 bits per heavy atom. The van der Waals surface area contributed by atoms with Gasteiger partial charge in [0.25, 0.3) is 5.91 Å². The van der Waals surface area contributed by atoms with Gasteiger partial charge in [-0.2, -0.15) is 17.0 Å².